The molecule has 3 aromatic carbocycles. The molecule has 216 valence electrons. The third-order valence-corrected chi connectivity index (χ3v) is 12.5. The lowest BCUT2D eigenvalue weighted by molar-refractivity contribution is 0.0193. The molecule has 2 fully saturated rings. The number of ether oxygens (including phenoxy) is 1. The van der Waals surface area contributed by atoms with E-state index in [0.29, 0.717) is 11.3 Å². The Kier molecular flexibility index (Phi) is 9.54. The van der Waals surface area contributed by atoms with Gasteiger partial charge in [-0.05, 0) is 55.9 Å². The molecular weight excluding hydrogens is 521 g/mol. The van der Waals surface area contributed by atoms with E-state index < -0.39 is 13.7 Å². The molecule has 0 spiro atoms. The molecule has 4 heteroatoms. The molecule has 2 saturated carbocycles. The zero-order chi connectivity index (χ0) is 27.9. The van der Waals surface area contributed by atoms with Crippen LogP contribution in [0.15, 0.2) is 96.0 Å². The van der Waals surface area contributed by atoms with Crippen LogP contribution in [0.2, 0.25) is 0 Å². The van der Waals surface area contributed by atoms with E-state index in [-0.39, 0.29) is 12.1 Å². The van der Waals surface area contributed by atoms with Gasteiger partial charge in [0.05, 0.1) is 0 Å². The van der Waals surface area contributed by atoms with Crippen molar-refractivity contribution in [2.24, 2.45) is 4.99 Å². The summed E-state index contributed by atoms with van der Waals surface area (Å²) in [7, 11) is -0.606. The van der Waals surface area contributed by atoms with E-state index in [1.807, 2.05) is 0 Å². The highest BCUT2D eigenvalue weighted by atomic mass is 31.1. The summed E-state index contributed by atoms with van der Waals surface area (Å²) in [6.45, 7) is 2.21. The first-order valence-corrected chi connectivity index (χ1v) is 17.5. The molecule has 0 unspecified atom stereocenters. The SMILES string of the molecule is C[C@@H]1OC(c2ccccc2)=N[C@H]1C(Cc1ccccc1)(Cc1ccccc1)OP(C1CCCCC1)C1CCCCC1. The molecule has 0 radical (unpaired) electrons. The molecular formula is C37H46NO2P. The van der Waals surface area contributed by atoms with Gasteiger partial charge < -0.3 is 9.26 Å². The van der Waals surface area contributed by atoms with Crippen LogP contribution >= 0.6 is 8.15 Å². The Balaban J connectivity index is 1.46. The van der Waals surface area contributed by atoms with Gasteiger partial charge >= 0.3 is 0 Å². The minimum absolute atomic E-state index is 0.0628. The third kappa shape index (κ3) is 6.95. The van der Waals surface area contributed by atoms with Crippen molar-refractivity contribution in [2.45, 2.75) is 113 Å². The fraction of sp³-hybridized carbons (Fsp3) is 0.486. The van der Waals surface area contributed by atoms with Crippen molar-refractivity contribution in [3.05, 3.63) is 108 Å². The zero-order valence-corrected chi connectivity index (χ0v) is 25.6. The lowest BCUT2D eigenvalue weighted by atomic mass is 9.80. The monoisotopic (exact) mass is 567 g/mol. The average molecular weight is 568 g/mol. The van der Waals surface area contributed by atoms with E-state index in [0.717, 1.165) is 24.3 Å². The van der Waals surface area contributed by atoms with Crippen LogP contribution in [-0.4, -0.2) is 35.0 Å². The predicted octanol–water partition coefficient (Wildman–Crippen LogP) is 9.52. The second-order valence-corrected chi connectivity index (χ2v) is 14.9. The van der Waals surface area contributed by atoms with Crippen molar-refractivity contribution in [1.82, 2.24) is 0 Å². The molecule has 1 heterocycles. The number of nitrogens with zero attached hydrogens (tertiary/aromatic N) is 1. The fourth-order valence-electron chi connectivity index (χ4n) is 7.37. The maximum Gasteiger partial charge on any atom is 0.216 e. The van der Waals surface area contributed by atoms with Crippen LogP contribution in [-0.2, 0) is 22.1 Å². The van der Waals surface area contributed by atoms with E-state index in [1.54, 1.807) is 0 Å². The zero-order valence-electron chi connectivity index (χ0n) is 24.7. The Hall–Kier alpha value is -2.48. The minimum Gasteiger partial charge on any atom is -0.472 e. The Morgan fingerprint density at radius 1 is 0.683 bits per heavy atom. The Bertz CT molecular complexity index is 1180. The lowest BCUT2D eigenvalue weighted by Gasteiger charge is -2.47. The smallest absolute Gasteiger partial charge is 0.216 e. The van der Waals surface area contributed by atoms with Gasteiger partial charge in [-0.1, -0.05) is 117 Å². The molecule has 2 atom stereocenters. The molecule has 1 aliphatic heterocycles. The van der Waals surface area contributed by atoms with Crippen molar-refractivity contribution < 1.29 is 9.26 Å². The molecule has 3 aliphatic rings. The van der Waals surface area contributed by atoms with E-state index in [9.17, 15) is 0 Å². The summed E-state index contributed by atoms with van der Waals surface area (Å²) in [6.07, 6.45) is 15.1. The van der Waals surface area contributed by atoms with Crippen LogP contribution in [0.4, 0.5) is 0 Å². The first-order valence-electron chi connectivity index (χ1n) is 16.1. The third-order valence-electron chi connectivity index (χ3n) is 9.41. The van der Waals surface area contributed by atoms with E-state index in [4.69, 9.17) is 14.3 Å². The van der Waals surface area contributed by atoms with Gasteiger partial charge in [0.2, 0.25) is 5.90 Å². The Morgan fingerprint density at radius 2 is 1.15 bits per heavy atom. The quantitative estimate of drug-likeness (QED) is 0.228. The molecule has 0 bridgehead atoms. The van der Waals surface area contributed by atoms with Gasteiger partial charge in [0.25, 0.3) is 0 Å². The Labute approximate surface area is 248 Å². The summed E-state index contributed by atoms with van der Waals surface area (Å²) in [6, 6.07) is 32.3. The number of aliphatic imine (C=N–C) groups is 1. The Morgan fingerprint density at radius 3 is 1.63 bits per heavy atom. The summed E-state index contributed by atoms with van der Waals surface area (Å²) in [4.78, 5) is 5.43. The van der Waals surface area contributed by atoms with Crippen LogP contribution in [0.3, 0.4) is 0 Å². The van der Waals surface area contributed by atoms with Gasteiger partial charge in [0, 0.05) is 37.9 Å². The predicted molar refractivity (Wildman–Crippen MR) is 172 cm³/mol. The van der Waals surface area contributed by atoms with Gasteiger partial charge in [0.15, 0.2) is 0 Å². The number of benzene rings is 3. The van der Waals surface area contributed by atoms with Crippen molar-refractivity contribution in [1.29, 1.82) is 0 Å². The average Bonchev–Trinajstić information content (AvgIpc) is 3.44. The van der Waals surface area contributed by atoms with Crippen molar-refractivity contribution >= 4 is 14.0 Å². The van der Waals surface area contributed by atoms with E-state index in [1.165, 1.54) is 75.3 Å². The van der Waals surface area contributed by atoms with Crippen molar-refractivity contribution in [3.8, 4) is 0 Å². The molecule has 0 amide bonds. The fourth-order valence-corrected chi connectivity index (χ4v) is 10.7. The maximum atomic E-state index is 7.94. The topological polar surface area (TPSA) is 30.8 Å². The van der Waals surface area contributed by atoms with Gasteiger partial charge in [-0.25, -0.2) is 4.99 Å². The van der Waals surface area contributed by atoms with Gasteiger partial charge in [-0.2, -0.15) is 0 Å². The van der Waals surface area contributed by atoms with Crippen molar-refractivity contribution in [2.75, 3.05) is 0 Å². The first-order chi connectivity index (χ1) is 20.2. The molecule has 3 aromatic rings. The molecule has 41 heavy (non-hydrogen) atoms. The number of hydrogen-bond acceptors (Lipinski definition) is 3. The summed E-state index contributed by atoms with van der Waals surface area (Å²) < 4.78 is 14.5. The second kappa shape index (κ2) is 13.7. The largest absolute Gasteiger partial charge is 0.472 e. The first kappa shape index (κ1) is 28.6. The van der Waals surface area contributed by atoms with Gasteiger partial charge in [-0.3, -0.25) is 0 Å². The number of hydrogen-bond donors (Lipinski definition) is 0. The minimum atomic E-state index is -0.606. The molecule has 6 rings (SSSR count). The van der Waals surface area contributed by atoms with Gasteiger partial charge in [-0.15, -0.1) is 0 Å². The lowest BCUT2D eigenvalue weighted by Crippen LogP contribution is -2.51. The normalized spacial score (nSPS) is 22.4. The molecule has 0 saturated heterocycles. The standard InChI is InChI=1S/C37H46NO2P/c1-29-35(38-36(39-29)32-21-11-4-12-22-32)37(27-30-17-7-2-8-18-30,28-31-19-9-3-10-20-31)40-41(33-23-13-5-14-24-33)34-25-15-6-16-26-34/h2-4,7-12,17-22,29,33-35H,5-6,13-16,23-28H2,1H3/t29-,35+/m0/s1. The van der Waals surface area contributed by atoms with Crippen LogP contribution in [0, 0.1) is 0 Å². The summed E-state index contributed by atoms with van der Waals surface area (Å²) in [5.41, 5.74) is 4.60. The highest BCUT2D eigenvalue weighted by Crippen LogP contribution is 2.60. The molecule has 2 aliphatic carbocycles. The molecule has 3 nitrogen and oxygen atoms in total. The van der Waals surface area contributed by atoms with Gasteiger partial charge in [0.1, 0.15) is 17.7 Å². The summed E-state index contributed by atoms with van der Waals surface area (Å²) in [5.74, 6) is 0.761. The maximum absolute atomic E-state index is 7.94. The number of rotatable bonds is 10. The van der Waals surface area contributed by atoms with Crippen LogP contribution in [0.25, 0.3) is 0 Å². The van der Waals surface area contributed by atoms with Crippen molar-refractivity contribution in [3.63, 3.8) is 0 Å². The summed E-state index contributed by atoms with van der Waals surface area (Å²) >= 11 is 0. The molecule has 0 aromatic heterocycles. The molecule has 0 N–H and O–H groups in total. The van der Waals surface area contributed by atoms with E-state index >= 15 is 0 Å². The summed E-state index contributed by atoms with van der Waals surface area (Å²) in [5, 5.41) is 0. The van der Waals surface area contributed by atoms with Crippen LogP contribution in [0.1, 0.15) is 87.8 Å². The second-order valence-electron chi connectivity index (χ2n) is 12.5. The van der Waals surface area contributed by atoms with Crippen LogP contribution in [0.5, 0.6) is 0 Å². The highest BCUT2D eigenvalue weighted by molar-refractivity contribution is 7.54. The van der Waals surface area contributed by atoms with Crippen LogP contribution < -0.4 is 0 Å². The van der Waals surface area contributed by atoms with E-state index in [2.05, 4.69) is 97.9 Å². The highest BCUT2D eigenvalue weighted by Gasteiger charge is 2.50.